The minimum Gasteiger partial charge on any atom is -0.476 e. The zero-order valence-corrected chi connectivity index (χ0v) is 17.3. The number of hydrogen-bond acceptors (Lipinski definition) is 5. The molecule has 0 bridgehead atoms. The highest BCUT2D eigenvalue weighted by molar-refractivity contribution is 5.92. The minimum atomic E-state index is -1.32. The molecular formula is C24H22N4O3. The molecule has 0 atom stereocenters. The summed E-state index contributed by atoms with van der Waals surface area (Å²) in [5.74, 6) is -1.32. The largest absolute Gasteiger partial charge is 0.476 e. The standard InChI is InChI=1S/C24H22N4O3/c1-3-27(4-2)18-13-10-17(11-14-18)12-15-20-21(16-25)23(29)28(26-22(20)24(30)31)19-8-6-5-7-9-19/h5-15H,3-4H2,1-2H3,(H,30,31)/b15-12-. The Bertz CT molecular complexity index is 1200. The van der Waals surface area contributed by atoms with Gasteiger partial charge < -0.3 is 10.0 Å². The summed E-state index contributed by atoms with van der Waals surface area (Å²) in [4.78, 5) is 26.9. The predicted octanol–water partition coefficient (Wildman–Crippen LogP) is 3.82. The lowest BCUT2D eigenvalue weighted by Crippen LogP contribution is -2.28. The maximum atomic E-state index is 12.8. The summed E-state index contributed by atoms with van der Waals surface area (Å²) in [5, 5.41) is 23.3. The van der Waals surface area contributed by atoms with Gasteiger partial charge in [-0.05, 0) is 43.7 Å². The lowest BCUT2D eigenvalue weighted by atomic mass is 10.1. The fraction of sp³-hybridized carbons (Fsp3) is 0.167. The van der Waals surface area contributed by atoms with E-state index in [1.54, 1.807) is 36.4 Å². The third kappa shape index (κ3) is 4.54. The van der Waals surface area contributed by atoms with E-state index in [1.165, 1.54) is 6.08 Å². The van der Waals surface area contributed by atoms with Crippen molar-refractivity contribution in [1.82, 2.24) is 9.78 Å². The Morgan fingerprint density at radius 1 is 1.10 bits per heavy atom. The number of aromatic carboxylic acids is 1. The molecule has 7 heteroatoms. The van der Waals surface area contributed by atoms with E-state index in [9.17, 15) is 20.0 Å². The Hall–Kier alpha value is -4.18. The zero-order chi connectivity index (χ0) is 22.4. The number of carboxylic acid groups (broad SMARTS) is 1. The van der Waals surface area contributed by atoms with Crippen LogP contribution in [0.25, 0.3) is 17.8 Å². The topological polar surface area (TPSA) is 99.2 Å². The van der Waals surface area contributed by atoms with Crippen molar-refractivity contribution in [2.75, 3.05) is 18.0 Å². The number of aromatic nitrogens is 2. The van der Waals surface area contributed by atoms with Crippen LogP contribution in [0, 0.1) is 11.3 Å². The van der Waals surface area contributed by atoms with Crippen molar-refractivity contribution < 1.29 is 9.90 Å². The second-order valence-corrected chi connectivity index (χ2v) is 6.70. The monoisotopic (exact) mass is 414 g/mol. The van der Waals surface area contributed by atoms with Crippen LogP contribution in [0.4, 0.5) is 5.69 Å². The highest BCUT2D eigenvalue weighted by Gasteiger charge is 2.21. The zero-order valence-electron chi connectivity index (χ0n) is 17.3. The van der Waals surface area contributed by atoms with Crippen molar-refractivity contribution in [1.29, 1.82) is 5.26 Å². The fourth-order valence-electron chi connectivity index (χ4n) is 3.28. The molecule has 1 aromatic heterocycles. The second kappa shape index (κ2) is 9.55. The Balaban J connectivity index is 2.07. The lowest BCUT2D eigenvalue weighted by molar-refractivity contribution is 0.0688. The number of hydrogen-bond donors (Lipinski definition) is 1. The van der Waals surface area contributed by atoms with Crippen LogP contribution in [-0.2, 0) is 0 Å². The van der Waals surface area contributed by atoms with Crippen molar-refractivity contribution >= 4 is 23.8 Å². The van der Waals surface area contributed by atoms with Crippen LogP contribution in [0.1, 0.15) is 41.0 Å². The fourth-order valence-corrected chi connectivity index (χ4v) is 3.28. The number of nitrogens with zero attached hydrogens (tertiary/aromatic N) is 4. The Morgan fingerprint density at radius 3 is 2.29 bits per heavy atom. The number of carbonyl (C=O) groups is 1. The van der Waals surface area contributed by atoms with E-state index < -0.39 is 11.5 Å². The van der Waals surface area contributed by atoms with E-state index in [0.717, 1.165) is 29.0 Å². The summed E-state index contributed by atoms with van der Waals surface area (Å²) in [7, 11) is 0. The molecule has 0 spiro atoms. The summed E-state index contributed by atoms with van der Waals surface area (Å²) in [6.07, 6.45) is 3.13. The van der Waals surface area contributed by atoms with Gasteiger partial charge >= 0.3 is 5.97 Å². The van der Waals surface area contributed by atoms with Gasteiger partial charge in [-0.15, -0.1) is 0 Å². The molecule has 156 valence electrons. The Morgan fingerprint density at radius 2 is 1.74 bits per heavy atom. The molecule has 0 aliphatic carbocycles. The third-order valence-corrected chi connectivity index (χ3v) is 4.91. The molecule has 0 aliphatic heterocycles. The number of nitriles is 1. The van der Waals surface area contributed by atoms with E-state index in [2.05, 4.69) is 23.8 Å². The molecule has 31 heavy (non-hydrogen) atoms. The lowest BCUT2D eigenvalue weighted by Gasteiger charge is -2.20. The van der Waals surface area contributed by atoms with Gasteiger partial charge in [-0.25, -0.2) is 4.79 Å². The van der Waals surface area contributed by atoms with Crippen LogP contribution in [0.5, 0.6) is 0 Å². The molecule has 0 radical (unpaired) electrons. The molecule has 0 amide bonds. The number of benzene rings is 2. The summed E-state index contributed by atoms with van der Waals surface area (Å²) < 4.78 is 0.943. The first kappa shape index (κ1) is 21.5. The second-order valence-electron chi connectivity index (χ2n) is 6.70. The molecule has 7 nitrogen and oxygen atoms in total. The van der Waals surface area contributed by atoms with Crippen molar-refractivity contribution in [2.45, 2.75) is 13.8 Å². The van der Waals surface area contributed by atoms with Crippen molar-refractivity contribution in [3.63, 3.8) is 0 Å². The molecule has 1 heterocycles. The summed E-state index contributed by atoms with van der Waals surface area (Å²) in [5.41, 5.74) is 0.953. The maximum absolute atomic E-state index is 12.8. The molecule has 0 saturated heterocycles. The molecule has 3 aromatic rings. The van der Waals surface area contributed by atoms with Gasteiger partial charge in [-0.1, -0.05) is 42.5 Å². The molecule has 3 rings (SSSR count). The molecule has 0 fully saturated rings. The van der Waals surface area contributed by atoms with Gasteiger partial charge in [-0.2, -0.15) is 15.0 Å². The van der Waals surface area contributed by atoms with E-state index in [1.807, 2.05) is 30.3 Å². The molecule has 0 unspecified atom stereocenters. The minimum absolute atomic E-state index is 0.0139. The molecule has 2 aromatic carbocycles. The van der Waals surface area contributed by atoms with Gasteiger partial charge in [0.15, 0.2) is 5.69 Å². The van der Waals surface area contributed by atoms with E-state index in [0.29, 0.717) is 5.69 Å². The number of carboxylic acids is 1. The van der Waals surface area contributed by atoms with Crippen molar-refractivity contribution in [3.05, 3.63) is 87.3 Å². The van der Waals surface area contributed by atoms with Gasteiger partial charge in [0.05, 0.1) is 5.69 Å². The van der Waals surface area contributed by atoms with E-state index in [4.69, 9.17) is 0 Å². The van der Waals surface area contributed by atoms with Crippen LogP contribution in [0.3, 0.4) is 0 Å². The predicted molar refractivity (Wildman–Crippen MR) is 120 cm³/mol. The van der Waals surface area contributed by atoms with Gasteiger partial charge in [0.2, 0.25) is 0 Å². The van der Waals surface area contributed by atoms with Crippen LogP contribution < -0.4 is 10.5 Å². The highest BCUT2D eigenvalue weighted by Crippen LogP contribution is 2.19. The quantitative estimate of drug-likeness (QED) is 0.631. The van der Waals surface area contributed by atoms with Gasteiger partial charge in [0.25, 0.3) is 5.56 Å². The SMILES string of the molecule is CCN(CC)c1ccc(/C=C\c2c(C(=O)O)nn(-c3ccccc3)c(=O)c2C#N)cc1. The van der Waals surface area contributed by atoms with Crippen LogP contribution >= 0.6 is 0 Å². The number of para-hydroxylation sites is 1. The third-order valence-electron chi connectivity index (χ3n) is 4.91. The first-order valence-corrected chi connectivity index (χ1v) is 9.89. The summed E-state index contributed by atoms with van der Waals surface area (Å²) in [6, 6.07) is 18.0. The normalized spacial score (nSPS) is 10.7. The number of rotatable bonds is 7. The molecule has 0 aliphatic rings. The number of anilines is 1. The summed E-state index contributed by atoms with van der Waals surface area (Å²) in [6.45, 7) is 5.95. The van der Waals surface area contributed by atoms with Crippen molar-refractivity contribution in [3.8, 4) is 11.8 Å². The van der Waals surface area contributed by atoms with Gasteiger partial charge in [0, 0.05) is 24.3 Å². The molecule has 0 saturated carbocycles. The maximum Gasteiger partial charge on any atom is 0.357 e. The Labute approximate surface area is 180 Å². The van der Waals surface area contributed by atoms with Crippen LogP contribution in [-0.4, -0.2) is 33.9 Å². The van der Waals surface area contributed by atoms with Crippen LogP contribution in [0.15, 0.2) is 59.4 Å². The average Bonchev–Trinajstić information content (AvgIpc) is 2.79. The van der Waals surface area contributed by atoms with Crippen LogP contribution in [0.2, 0.25) is 0 Å². The smallest absolute Gasteiger partial charge is 0.357 e. The Kier molecular flexibility index (Phi) is 6.63. The average molecular weight is 414 g/mol. The first-order chi connectivity index (χ1) is 15.0. The van der Waals surface area contributed by atoms with Crippen molar-refractivity contribution in [2.24, 2.45) is 0 Å². The van der Waals surface area contributed by atoms with E-state index in [-0.39, 0.29) is 16.8 Å². The molecule has 1 N–H and O–H groups in total. The van der Waals surface area contributed by atoms with Gasteiger partial charge in [-0.3, -0.25) is 4.79 Å². The first-order valence-electron chi connectivity index (χ1n) is 9.89. The van der Waals surface area contributed by atoms with E-state index >= 15 is 0 Å². The molecular weight excluding hydrogens is 392 g/mol. The summed E-state index contributed by atoms with van der Waals surface area (Å²) >= 11 is 0. The van der Waals surface area contributed by atoms with Gasteiger partial charge in [0.1, 0.15) is 11.6 Å². The highest BCUT2D eigenvalue weighted by atomic mass is 16.4.